The molecule has 1 aromatic rings. The van der Waals surface area contributed by atoms with Crippen LogP contribution in [0.3, 0.4) is 0 Å². The summed E-state index contributed by atoms with van der Waals surface area (Å²) in [5, 5.41) is 0.548. The van der Waals surface area contributed by atoms with Gasteiger partial charge in [0.05, 0.1) is 0 Å². The zero-order valence-corrected chi connectivity index (χ0v) is 9.79. The molecule has 0 saturated carbocycles. The van der Waals surface area contributed by atoms with Gasteiger partial charge in [0.15, 0.2) is 5.78 Å². The molecule has 0 aromatic heterocycles. The third kappa shape index (κ3) is 3.29. The minimum absolute atomic E-state index is 0.0122. The summed E-state index contributed by atoms with van der Waals surface area (Å²) in [5.41, 5.74) is 0.597. The van der Waals surface area contributed by atoms with Crippen molar-refractivity contribution in [2.24, 2.45) is 0 Å². The van der Waals surface area contributed by atoms with Gasteiger partial charge in [-0.2, -0.15) is 0 Å². The van der Waals surface area contributed by atoms with E-state index in [2.05, 4.69) is 15.9 Å². The Labute approximate surface area is 95.2 Å². The zero-order valence-electron chi connectivity index (χ0n) is 6.69. The van der Waals surface area contributed by atoms with Crippen molar-refractivity contribution in [2.75, 3.05) is 5.88 Å². The Bertz CT molecular complexity index is 305. The normalized spacial score (nSPS) is 10.1. The lowest BCUT2D eigenvalue weighted by atomic mass is 10.1. The quantitative estimate of drug-likeness (QED) is 0.606. The smallest absolute Gasteiger partial charge is 0.164 e. The summed E-state index contributed by atoms with van der Waals surface area (Å²) in [7, 11) is 0. The molecule has 0 amide bonds. The van der Waals surface area contributed by atoms with Gasteiger partial charge in [-0.15, -0.1) is 11.6 Å². The molecule has 70 valence electrons. The van der Waals surface area contributed by atoms with Gasteiger partial charge in [-0.25, -0.2) is 0 Å². The number of halogens is 3. The van der Waals surface area contributed by atoms with Crippen LogP contribution < -0.4 is 0 Å². The predicted octanol–water partition coefficient (Wildman–Crippen LogP) is 3.91. The first kappa shape index (κ1) is 11.0. The van der Waals surface area contributed by atoms with Crippen LogP contribution in [0.2, 0.25) is 5.02 Å². The Balaban J connectivity index is 2.94. The average Bonchev–Trinajstić information content (AvgIpc) is 2.03. The van der Waals surface area contributed by atoms with Crippen LogP contribution >= 0.6 is 39.1 Å². The molecular weight excluding hydrogens is 275 g/mol. The first-order valence-electron chi connectivity index (χ1n) is 3.68. The number of benzene rings is 1. The van der Waals surface area contributed by atoms with Crippen molar-refractivity contribution in [3.8, 4) is 0 Å². The third-order valence-electron chi connectivity index (χ3n) is 1.51. The lowest BCUT2D eigenvalue weighted by Crippen LogP contribution is -1.99. The lowest BCUT2D eigenvalue weighted by molar-refractivity contribution is 0.0989. The maximum absolute atomic E-state index is 11.4. The molecule has 0 atom stereocenters. The minimum atomic E-state index is 0.0122. The molecule has 0 aliphatic carbocycles. The fourth-order valence-electron chi connectivity index (χ4n) is 0.945. The van der Waals surface area contributed by atoms with Gasteiger partial charge < -0.3 is 0 Å². The van der Waals surface area contributed by atoms with E-state index in [0.29, 0.717) is 22.9 Å². The fraction of sp³-hybridized carbons (Fsp3) is 0.222. The van der Waals surface area contributed by atoms with Gasteiger partial charge >= 0.3 is 0 Å². The first-order valence-corrected chi connectivity index (χ1v) is 5.39. The molecule has 0 fully saturated rings. The van der Waals surface area contributed by atoms with Crippen LogP contribution in [0.4, 0.5) is 0 Å². The van der Waals surface area contributed by atoms with Crippen molar-refractivity contribution in [3.63, 3.8) is 0 Å². The highest BCUT2D eigenvalue weighted by molar-refractivity contribution is 9.10. The number of alkyl halides is 1. The number of hydrogen-bond donors (Lipinski definition) is 0. The van der Waals surface area contributed by atoms with Gasteiger partial charge in [-0.1, -0.05) is 27.5 Å². The Morgan fingerprint density at radius 1 is 1.38 bits per heavy atom. The van der Waals surface area contributed by atoms with Gasteiger partial charge in [0.25, 0.3) is 0 Å². The summed E-state index contributed by atoms with van der Waals surface area (Å²) in [5.74, 6) is 0.348. The molecule has 0 saturated heterocycles. The van der Waals surface area contributed by atoms with E-state index in [-0.39, 0.29) is 5.78 Å². The molecule has 1 nitrogen and oxygen atoms in total. The summed E-state index contributed by atoms with van der Waals surface area (Å²) < 4.78 is 0.804. The van der Waals surface area contributed by atoms with Crippen molar-refractivity contribution in [2.45, 2.75) is 6.42 Å². The summed E-state index contributed by atoms with van der Waals surface area (Å²) in [6, 6.07) is 5.11. The molecule has 0 unspecified atom stereocenters. The second-order valence-electron chi connectivity index (χ2n) is 2.52. The molecular formula is C9H7BrCl2O. The van der Waals surface area contributed by atoms with Crippen LogP contribution in [0.15, 0.2) is 22.7 Å². The maximum Gasteiger partial charge on any atom is 0.164 e. The number of carbonyl (C=O) groups is 1. The molecule has 0 radical (unpaired) electrons. The standard InChI is InChI=1S/C9H7BrCl2O/c10-7-3-6(4-8(12)5-7)9(13)1-2-11/h3-5H,1-2H2. The second-order valence-corrected chi connectivity index (χ2v) is 4.25. The van der Waals surface area contributed by atoms with Crippen LogP contribution in [-0.4, -0.2) is 11.7 Å². The number of carbonyl (C=O) groups excluding carboxylic acids is 1. The molecule has 0 N–H and O–H groups in total. The van der Waals surface area contributed by atoms with Gasteiger partial charge in [0.1, 0.15) is 0 Å². The molecule has 4 heteroatoms. The van der Waals surface area contributed by atoms with Gasteiger partial charge in [0, 0.05) is 27.4 Å². The first-order chi connectivity index (χ1) is 6.13. The van der Waals surface area contributed by atoms with E-state index in [4.69, 9.17) is 23.2 Å². The van der Waals surface area contributed by atoms with E-state index in [1.807, 2.05) is 0 Å². The molecule has 0 aliphatic rings. The van der Waals surface area contributed by atoms with Crippen molar-refractivity contribution in [3.05, 3.63) is 33.3 Å². The Hall–Kier alpha value is -0.0500. The fourth-order valence-corrected chi connectivity index (χ4v) is 1.98. The molecule has 1 rings (SSSR count). The van der Waals surface area contributed by atoms with Crippen molar-refractivity contribution in [1.82, 2.24) is 0 Å². The largest absolute Gasteiger partial charge is 0.294 e. The van der Waals surface area contributed by atoms with Crippen molar-refractivity contribution >= 4 is 44.9 Å². The minimum Gasteiger partial charge on any atom is -0.294 e. The van der Waals surface area contributed by atoms with Gasteiger partial charge in [-0.3, -0.25) is 4.79 Å². The highest BCUT2D eigenvalue weighted by Crippen LogP contribution is 2.20. The van der Waals surface area contributed by atoms with E-state index in [1.54, 1.807) is 18.2 Å². The van der Waals surface area contributed by atoms with Crippen LogP contribution in [0.1, 0.15) is 16.8 Å². The summed E-state index contributed by atoms with van der Waals surface area (Å²) in [6.07, 6.45) is 0.342. The molecule has 0 heterocycles. The van der Waals surface area contributed by atoms with Gasteiger partial charge in [-0.05, 0) is 18.2 Å². The van der Waals surface area contributed by atoms with Crippen molar-refractivity contribution < 1.29 is 4.79 Å². The molecule has 0 spiro atoms. The average molecular weight is 282 g/mol. The topological polar surface area (TPSA) is 17.1 Å². The highest BCUT2D eigenvalue weighted by Gasteiger charge is 2.06. The van der Waals surface area contributed by atoms with Crippen LogP contribution in [0.5, 0.6) is 0 Å². The Morgan fingerprint density at radius 2 is 2.08 bits per heavy atom. The molecule has 0 bridgehead atoms. The van der Waals surface area contributed by atoms with E-state index < -0.39 is 0 Å². The van der Waals surface area contributed by atoms with E-state index in [1.165, 1.54) is 0 Å². The monoisotopic (exact) mass is 280 g/mol. The number of Topliss-reactive ketones (excluding diaryl/α,β-unsaturated/α-hetero) is 1. The lowest BCUT2D eigenvalue weighted by Gasteiger charge is -2.00. The summed E-state index contributed by atoms with van der Waals surface area (Å²) in [6.45, 7) is 0. The maximum atomic E-state index is 11.4. The Kier molecular flexibility index (Phi) is 4.23. The number of ketones is 1. The van der Waals surface area contributed by atoms with Crippen LogP contribution in [0, 0.1) is 0 Å². The predicted molar refractivity (Wildman–Crippen MR) is 58.8 cm³/mol. The van der Waals surface area contributed by atoms with E-state index in [9.17, 15) is 4.79 Å². The van der Waals surface area contributed by atoms with Crippen molar-refractivity contribution in [1.29, 1.82) is 0 Å². The SMILES string of the molecule is O=C(CCCl)c1cc(Cl)cc(Br)c1. The van der Waals surface area contributed by atoms with Crippen LogP contribution in [-0.2, 0) is 0 Å². The molecule has 13 heavy (non-hydrogen) atoms. The highest BCUT2D eigenvalue weighted by atomic mass is 79.9. The van der Waals surface area contributed by atoms with E-state index >= 15 is 0 Å². The van der Waals surface area contributed by atoms with Crippen LogP contribution in [0.25, 0.3) is 0 Å². The third-order valence-corrected chi connectivity index (χ3v) is 2.37. The zero-order chi connectivity index (χ0) is 9.84. The number of rotatable bonds is 3. The number of hydrogen-bond acceptors (Lipinski definition) is 1. The summed E-state index contributed by atoms with van der Waals surface area (Å²) >= 11 is 14.5. The molecule has 1 aromatic carbocycles. The second kappa shape index (κ2) is 4.99. The summed E-state index contributed by atoms with van der Waals surface area (Å²) in [4.78, 5) is 11.4. The van der Waals surface area contributed by atoms with Gasteiger partial charge in [0.2, 0.25) is 0 Å². The molecule has 0 aliphatic heterocycles. The van der Waals surface area contributed by atoms with E-state index in [0.717, 1.165) is 4.47 Å². The Morgan fingerprint density at radius 3 is 2.62 bits per heavy atom.